The summed E-state index contributed by atoms with van der Waals surface area (Å²) in [5.74, 6) is -1.58. The lowest BCUT2D eigenvalue weighted by Gasteiger charge is -1.98. The molecule has 0 aromatic rings. The van der Waals surface area contributed by atoms with E-state index in [0.29, 0.717) is 0 Å². The van der Waals surface area contributed by atoms with E-state index in [4.69, 9.17) is 0 Å². The molecule has 0 aromatic carbocycles. The normalized spacial score (nSPS) is 17.0. The highest BCUT2D eigenvalue weighted by atomic mass is 32.2. The second-order valence-electron chi connectivity index (χ2n) is 1.32. The second kappa shape index (κ2) is 6.72. The van der Waals surface area contributed by atoms with Crippen LogP contribution in [0, 0.1) is 0 Å². The molecule has 0 heterocycles. The van der Waals surface area contributed by atoms with Gasteiger partial charge in [0.15, 0.2) is 11.9 Å². The Kier molecular flexibility index (Phi) is 6.86. The molecular weight excluding hydrogens is 231 g/mol. The summed E-state index contributed by atoms with van der Waals surface area (Å²) in [6, 6.07) is 0. The lowest BCUT2D eigenvalue weighted by Crippen LogP contribution is -1.99. The van der Waals surface area contributed by atoms with Gasteiger partial charge in [-0.2, -0.15) is 0 Å². The molecule has 0 saturated heterocycles. The van der Waals surface area contributed by atoms with E-state index in [-0.39, 0.29) is 0 Å². The molecule has 0 saturated carbocycles. The van der Waals surface area contributed by atoms with E-state index in [2.05, 4.69) is 9.05 Å². The SMILES string of the molecule is O=[P+](OCS(=O)[O-])OCS(=O)[O-]. The van der Waals surface area contributed by atoms with Gasteiger partial charge in [0.2, 0.25) is 0 Å². The first-order valence-electron chi connectivity index (χ1n) is 2.37. The monoisotopic (exact) mass is 235 g/mol. The van der Waals surface area contributed by atoms with Gasteiger partial charge in [0, 0.05) is 4.57 Å². The zero-order valence-corrected chi connectivity index (χ0v) is 8.06. The highest BCUT2D eigenvalue weighted by Gasteiger charge is 2.19. The summed E-state index contributed by atoms with van der Waals surface area (Å²) < 4.78 is 57.8. The van der Waals surface area contributed by atoms with E-state index < -0.39 is 42.3 Å². The van der Waals surface area contributed by atoms with Crippen molar-refractivity contribution in [1.29, 1.82) is 0 Å². The van der Waals surface area contributed by atoms with Crippen molar-refractivity contribution in [3.05, 3.63) is 0 Å². The molecule has 0 spiro atoms. The van der Waals surface area contributed by atoms with Crippen molar-refractivity contribution in [3.8, 4) is 0 Å². The van der Waals surface area contributed by atoms with Crippen LogP contribution < -0.4 is 0 Å². The standard InChI is InChI=1S/C2H5O7PS2/c3-10(8-1-11(4)5)9-2-12(6)7/h1-2H2,(H-,4,5,6,7)/p-1. The van der Waals surface area contributed by atoms with Crippen molar-refractivity contribution < 1.29 is 31.1 Å². The second-order valence-corrected chi connectivity index (χ2v) is 3.97. The van der Waals surface area contributed by atoms with Crippen molar-refractivity contribution in [2.45, 2.75) is 0 Å². The molecule has 0 N–H and O–H groups in total. The summed E-state index contributed by atoms with van der Waals surface area (Å²) in [6.07, 6.45) is 0. The van der Waals surface area contributed by atoms with Crippen LogP contribution in [0.2, 0.25) is 0 Å². The molecule has 0 aliphatic rings. The summed E-state index contributed by atoms with van der Waals surface area (Å²) in [5, 5.41) is 0. The molecule has 72 valence electrons. The summed E-state index contributed by atoms with van der Waals surface area (Å²) >= 11 is -4.98. The molecule has 2 atom stereocenters. The van der Waals surface area contributed by atoms with Crippen molar-refractivity contribution >= 4 is 30.4 Å². The van der Waals surface area contributed by atoms with Crippen LogP contribution in [0.5, 0.6) is 0 Å². The lowest BCUT2D eigenvalue weighted by molar-refractivity contribution is 0.272. The van der Waals surface area contributed by atoms with Crippen LogP contribution in [0.3, 0.4) is 0 Å². The summed E-state index contributed by atoms with van der Waals surface area (Å²) in [4.78, 5) is 0. The Labute approximate surface area is 74.0 Å². The fourth-order valence-corrected chi connectivity index (χ4v) is 1.66. The average Bonchev–Trinajstić information content (AvgIpc) is 1.96. The predicted molar refractivity (Wildman–Crippen MR) is 37.4 cm³/mol. The van der Waals surface area contributed by atoms with Gasteiger partial charge in [-0.05, 0) is 22.2 Å². The maximum atomic E-state index is 10.4. The molecule has 0 amide bonds. The van der Waals surface area contributed by atoms with Gasteiger partial charge in [-0.15, -0.1) is 9.05 Å². The molecule has 0 rings (SSSR count). The molecule has 2 unspecified atom stereocenters. The summed E-state index contributed by atoms with van der Waals surface area (Å²) in [7, 11) is -2.68. The maximum absolute atomic E-state index is 10.4. The number of rotatable bonds is 6. The average molecular weight is 235 g/mol. The first kappa shape index (κ1) is 12.2. The number of hydrogen-bond donors (Lipinski definition) is 0. The highest BCUT2D eigenvalue weighted by molar-refractivity contribution is 7.79. The summed E-state index contributed by atoms with van der Waals surface area (Å²) in [6.45, 7) is 0. The van der Waals surface area contributed by atoms with Crippen LogP contribution in [0.15, 0.2) is 0 Å². The molecule has 10 heteroatoms. The van der Waals surface area contributed by atoms with Crippen molar-refractivity contribution in [2.75, 3.05) is 11.9 Å². The van der Waals surface area contributed by atoms with E-state index in [9.17, 15) is 22.1 Å². The van der Waals surface area contributed by atoms with Crippen LogP contribution in [0.4, 0.5) is 0 Å². The quantitative estimate of drug-likeness (QED) is 0.443. The third-order valence-corrected chi connectivity index (χ3v) is 2.16. The van der Waals surface area contributed by atoms with E-state index in [0.717, 1.165) is 0 Å². The van der Waals surface area contributed by atoms with Gasteiger partial charge in [0.05, 0.1) is 0 Å². The first-order valence-corrected chi connectivity index (χ1v) is 5.95. The first-order chi connectivity index (χ1) is 5.52. The van der Waals surface area contributed by atoms with E-state index in [1.54, 1.807) is 0 Å². The van der Waals surface area contributed by atoms with Gasteiger partial charge in [-0.1, -0.05) is 0 Å². The van der Waals surface area contributed by atoms with Gasteiger partial charge in [-0.25, -0.2) is 0 Å². The van der Waals surface area contributed by atoms with Gasteiger partial charge in [0.1, 0.15) is 0 Å². The van der Waals surface area contributed by atoms with Crippen molar-refractivity contribution in [3.63, 3.8) is 0 Å². The smallest absolute Gasteiger partial charge is 0.699 e. The highest BCUT2D eigenvalue weighted by Crippen LogP contribution is 2.23. The Morgan fingerprint density at radius 1 is 1.08 bits per heavy atom. The fraction of sp³-hybridized carbons (Fsp3) is 1.00. The van der Waals surface area contributed by atoms with Crippen molar-refractivity contribution in [1.82, 2.24) is 0 Å². The lowest BCUT2D eigenvalue weighted by atomic mass is 11.7. The third kappa shape index (κ3) is 8.34. The summed E-state index contributed by atoms with van der Waals surface area (Å²) in [5.41, 5.74) is 0. The van der Waals surface area contributed by atoms with E-state index in [1.807, 2.05) is 0 Å². The minimum Gasteiger partial charge on any atom is -0.770 e. The molecule has 0 radical (unpaired) electrons. The Morgan fingerprint density at radius 2 is 1.42 bits per heavy atom. The molecule has 0 aromatic heterocycles. The van der Waals surface area contributed by atoms with Crippen LogP contribution >= 0.6 is 8.25 Å². The minimum atomic E-state index is -2.68. The van der Waals surface area contributed by atoms with Crippen LogP contribution in [-0.2, 0) is 35.8 Å². The largest absolute Gasteiger partial charge is 0.770 e. The Hall–Kier alpha value is 0.240. The van der Waals surface area contributed by atoms with Crippen LogP contribution in [0.1, 0.15) is 0 Å². The molecular formula is C2H4O7PS2-. The third-order valence-electron chi connectivity index (χ3n) is 0.509. The molecule has 0 aliphatic carbocycles. The Bertz CT molecular complexity index is 184. The van der Waals surface area contributed by atoms with Gasteiger partial charge < -0.3 is 9.11 Å². The zero-order valence-electron chi connectivity index (χ0n) is 5.54. The Balaban J connectivity index is 3.47. The Morgan fingerprint density at radius 3 is 1.67 bits per heavy atom. The predicted octanol–water partition coefficient (Wildman–Crippen LogP) is -0.650. The van der Waals surface area contributed by atoms with Gasteiger partial charge in [-0.3, -0.25) is 8.42 Å². The molecule has 12 heavy (non-hydrogen) atoms. The topological polar surface area (TPSA) is 116 Å². The van der Waals surface area contributed by atoms with Gasteiger partial charge in [0.25, 0.3) is 0 Å². The molecule has 7 nitrogen and oxygen atoms in total. The molecule has 0 aliphatic heterocycles. The van der Waals surface area contributed by atoms with E-state index >= 15 is 0 Å². The number of hydrogen-bond acceptors (Lipinski definition) is 7. The maximum Gasteiger partial charge on any atom is 0.699 e. The van der Waals surface area contributed by atoms with Gasteiger partial charge >= 0.3 is 8.25 Å². The zero-order chi connectivity index (χ0) is 9.56. The van der Waals surface area contributed by atoms with E-state index in [1.165, 1.54) is 0 Å². The minimum absolute atomic E-state index is 0.791. The fourth-order valence-electron chi connectivity index (χ4n) is 0.209. The molecule has 0 bridgehead atoms. The van der Waals surface area contributed by atoms with Crippen molar-refractivity contribution in [2.24, 2.45) is 0 Å². The van der Waals surface area contributed by atoms with Crippen LogP contribution in [-0.4, -0.2) is 29.4 Å². The molecule has 0 fully saturated rings. The van der Waals surface area contributed by atoms with Crippen LogP contribution in [0.25, 0.3) is 0 Å².